The minimum absolute atomic E-state index is 0.902. The second-order valence-electron chi connectivity index (χ2n) is 11.1. The minimum Gasteiger partial charge on any atom is -0.456 e. The Morgan fingerprint density at radius 3 is 1.04 bits per heavy atom. The van der Waals surface area contributed by atoms with Gasteiger partial charge in [-0.25, -0.2) is 0 Å². The molecule has 2 nitrogen and oxygen atoms in total. The van der Waals surface area contributed by atoms with Crippen molar-refractivity contribution in [2.45, 2.75) is 13.8 Å². The van der Waals surface area contributed by atoms with Crippen LogP contribution in [0.3, 0.4) is 0 Å². The second kappa shape index (κ2) is 11.6. The van der Waals surface area contributed by atoms with Gasteiger partial charge in [0.2, 0.25) is 0 Å². The lowest BCUT2D eigenvalue weighted by molar-refractivity contribution is 0.663. The van der Waals surface area contributed by atoms with E-state index in [1.165, 1.54) is 53.9 Å². The summed E-state index contributed by atoms with van der Waals surface area (Å²) in [4.78, 5) is 0. The highest BCUT2D eigenvalue weighted by atomic mass is 79.9. The summed E-state index contributed by atoms with van der Waals surface area (Å²) in [5, 5.41) is 14.4. The van der Waals surface area contributed by atoms with Crippen molar-refractivity contribution in [3.05, 3.63) is 142 Å². The van der Waals surface area contributed by atoms with E-state index in [9.17, 15) is 0 Å². The van der Waals surface area contributed by atoms with Gasteiger partial charge in [-0.05, 0) is 68.7 Å². The quantitative estimate of drug-likeness (QED) is 0.156. The summed E-state index contributed by atoms with van der Waals surface area (Å²) in [6.45, 7) is 4.00. The van der Waals surface area contributed by atoms with Crippen molar-refractivity contribution >= 4 is 119 Å². The van der Waals surface area contributed by atoms with Gasteiger partial charge in [0.15, 0.2) is 0 Å². The highest BCUT2D eigenvalue weighted by Gasteiger charge is 2.13. The SMILES string of the molecule is Brc1ccc2oc3ccc(Br)c4cccc(c5cccc1c25)c34.CC.c1cc2cccc3c4cccc5cccc(oc(c1)c23)c54. The minimum atomic E-state index is 0.902. The van der Waals surface area contributed by atoms with Crippen molar-refractivity contribution in [3.8, 4) is 0 Å². The van der Waals surface area contributed by atoms with Crippen LogP contribution in [0.25, 0.3) is 87.0 Å². The molecular formula is C42H28Br2O2. The van der Waals surface area contributed by atoms with Crippen molar-refractivity contribution < 1.29 is 8.83 Å². The molecule has 0 bridgehead atoms. The standard InChI is InChI=1S/C20H10Br2O.C20H12O.C2H6/c21-15-7-9-17-19-11(3-1-5-13(15)19)12-4-2-6-14-16(22)8-10-18(23-17)20(12)14;1-5-13-7-3-11-17-19(13)15(9-1)16-10-2-6-14-8-4-12-18(21-17)20(14)16;1-2/h1-10H;1-12H;1-2H3. The first kappa shape index (κ1) is 28.8. The number of benzene rings is 8. The van der Waals surface area contributed by atoms with Gasteiger partial charge in [0.1, 0.15) is 22.3 Å². The zero-order chi connectivity index (χ0) is 31.4. The van der Waals surface area contributed by atoms with E-state index in [0.29, 0.717) is 0 Å². The summed E-state index contributed by atoms with van der Waals surface area (Å²) in [6.07, 6.45) is 0. The van der Waals surface area contributed by atoms with E-state index >= 15 is 0 Å². The van der Waals surface area contributed by atoms with Crippen LogP contribution < -0.4 is 0 Å². The van der Waals surface area contributed by atoms with Crippen molar-refractivity contribution in [3.63, 3.8) is 0 Å². The first-order valence-corrected chi connectivity index (χ1v) is 17.1. The lowest BCUT2D eigenvalue weighted by Crippen LogP contribution is -1.79. The van der Waals surface area contributed by atoms with Gasteiger partial charge in [0.05, 0.1) is 0 Å². The maximum absolute atomic E-state index is 6.31. The van der Waals surface area contributed by atoms with Gasteiger partial charge < -0.3 is 8.83 Å². The van der Waals surface area contributed by atoms with E-state index in [2.05, 4.69) is 141 Å². The maximum atomic E-state index is 6.31. The second-order valence-corrected chi connectivity index (χ2v) is 12.8. The fourth-order valence-electron chi connectivity index (χ4n) is 6.77. The van der Waals surface area contributed by atoms with Gasteiger partial charge in [-0.15, -0.1) is 0 Å². The fourth-order valence-corrected chi connectivity index (χ4v) is 7.69. The summed E-state index contributed by atoms with van der Waals surface area (Å²) >= 11 is 7.33. The van der Waals surface area contributed by atoms with Crippen LogP contribution >= 0.6 is 31.9 Å². The van der Waals surface area contributed by atoms with Gasteiger partial charge in [-0.1, -0.05) is 143 Å². The number of halogens is 2. The zero-order valence-electron chi connectivity index (χ0n) is 25.3. The molecule has 0 unspecified atom stereocenters. The summed E-state index contributed by atoms with van der Waals surface area (Å²) < 4.78 is 14.7. The Balaban J connectivity index is 0.000000129. The molecule has 2 aromatic heterocycles. The Morgan fingerprint density at radius 2 is 0.630 bits per heavy atom. The van der Waals surface area contributed by atoms with Crippen LogP contribution in [0.2, 0.25) is 0 Å². The number of hydrogen-bond acceptors (Lipinski definition) is 2. The summed E-state index contributed by atoms with van der Waals surface area (Å²) in [5.41, 5.74) is 3.68. The molecule has 0 fully saturated rings. The highest BCUT2D eigenvalue weighted by molar-refractivity contribution is 9.11. The van der Waals surface area contributed by atoms with Crippen molar-refractivity contribution in [1.82, 2.24) is 0 Å². The molecule has 10 rings (SSSR count). The van der Waals surface area contributed by atoms with Crippen molar-refractivity contribution in [2.24, 2.45) is 0 Å². The highest BCUT2D eigenvalue weighted by Crippen LogP contribution is 2.40. The third kappa shape index (κ3) is 4.51. The van der Waals surface area contributed by atoms with E-state index < -0.39 is 0 Å². The molecule has 0 aliphatic carbocycles. The normalized spacial score (nSPS) is 11.5. The molecule has 10 aromatic rings. The molecule has 0 atom stereocenters. The van der Waals surface area contributed by atoms with E-state index in [1.54, 1.807) is 0 Å². The predicted octanol–water partition coefficient (Wildman–Crippen LogP) is 14.3. The van der Waals surface area contributed by atoms with Crippen LogP contribution in [-0.4, -0.2) is 0 Å². The first-order chi connectivity index (χ1) is 22.7. The monoisotopic (exact) mass is 722 g/mol. The molecule has 2 heterocycles. The van der Waals surface area contributed by atoms with Gasteiger partial charge in [0, 0.05) is 41.3 Å². The van der Waals surface area contributed by atoms with E-state index in [-0.39, 0.29) is 0 Å². The Labute approximate surface area is 282 Å². The third-order valence-electron chi connectivity index (χ3n) is 8.65. The molecular weight excluding hydrogens is 696 g/mol. The van der Waals surface area contributed by atoms with Crippen LogP contribution in [0, 0.1) is 0 Å². The van der Waals surface area contributed by atoms with Crippen LogP contribution in [0.1, 0.15) is 13.8 Å². The van der Waals surface area contributed by atoms with Crippen molar-refractivity contribution in [2.75, 3.05) is 0 Å². The van der Waals surface area contributed by atoms with Gasteiger partial charge in [-0.2, -0.15) is 0 Å². The number of hydrogen-bond donors (Lipinski definition) is 0. The summed E-state index contributed by atoms with van der Waals surface area (Å²) in [7, 11) is 0. The zero-order valence-corrected chi connectivity index (χ0v) is 28.4. The molecule has 0 N–H and O–H groups in total. The summed E-state index contributed by atoms with van der Waals surface area (Å²) in [5.74, 6) is 0. The Morgan fingerprint density at radius 1 is 0.326 bits per heavy atom. The average molecular weight is 724 g/mol. The molecule has 0 saturated carbocycles. The predicted molar refractivity (Wildman–Crippen MR) is 204 cm³/mol. The van der Waals surface area contributed by atoms with E-state index in [1.807, 2.05) is 38.1 Å². The maximum Gasteiger partial charge on any atom is 0.135 e. The van der Waals surface area contributed by atoms with Crippen LogP contribution in [0.5, 0.6) is 0 Å². The molecule has 0 saturated heterocycles. The molecule has 0 radical (unpaired) electrons. The molecule has 4 heteroatoms. The molecule has 0 aliphatic rings. The fraction of sp³-hybridized carbons (Fsp3) is 0.0476. The Bertz CT molecular complexity index is 2550. The third-order valence-corrected chi connectivity index (χ3v) is 10.0. The topological polar surface area (TPSA) is 26.3 Å². The van der Waals surface area contributed by atoms with Crippen LogP contribution in [-0.2, 0) is 0 Å². The lowest BCUT2D eigenvalue weighted by Gasteiger charge is -2.04. The molecule has 222 valence electrons. The largest absolute Gasteiger partial charge is 0.456 e. The van der Waals surface area contributed by atoms with Crippen LogP contribution in [0.15, 0.2) is 151 Å². The Hall–Kier alpha value is -4.64. The van der Waals surface area contributed by atoms with Crippen LogP contribution in [0.4, 0.5) is 0 Å². The molecule has 8 aromatic carbocycles. The average Bonchev–Trinajstić information content (AvgIpc) is 3.34. The van der Waals surface area contributed by atoms with E-state index in [4.69, 9.17) is 8.83 Å². The van der Waals surface area contributed by atoms with Crippen molar-refractivity contribution in [1.29, 1.82) is 0 Å². The number of fused-ring (bicyclic) bond motifs is 2. The van der Waals surface area contributed by atoms with E-state index in [0.717, 1.165) is 42.0 Å². The van der Waals surface area contributed by atoms with Gasteiger partial charge in [-0.3, -0.25) is 0 Å². The Kier molecular flexibility index (Phi) is 7.28. The smallest absolute Gasteiger partial charge is 0.135 e. The first-order valence-electron chi connectivity index (χ1n) is 15.5. The molecule has 0 aliphatic heterocycles. The summed E-state index contributed by atoms with van der Waals surface area (Å²) in [6, 6.07) is 46.4. The molecule has 46 heavy (non-hydrogen) atoms. The van der Waals surface area contributed by atoms with Gasteiger partial charge in [0.25, 0.3) is 0 Å². The number of rotatable bonds is 0. The molecule has 0 amide bonds. The lowest BCUT2D eigenvalue weighted by atomic mass is 10.00. The van der Waals surface area contributed by atoms with Gasteiger partial charge >= 0.3 is 0 Å². The molecule has 0 spiro atoms.